The molecule has 5 heteroatoms. The number of fused-ring (bicyclic) bond motifs is 5. The van der Waals surface area contributed by atoms with Gasteiger partial charge in [0.05, 0.1) is 35.0 Å². The fraction of sp³-hybridized carbons (Fsp3) is 0.258. The minimum Gasteiger partial charge on any atom is -0.494 e. The van der Waals surface area contributed by atoms with Crippen molar-refractivity contribution in [2.75, 3.05) is 11.5 Å². The molecule has 2 amide bonds. The zero-order valence-corrected chi connectivity index (χ0v) is 20.5. The number of hydrogen-bond donors (Lipinski definition) is 0. The molecule has 2 aliphatic carbocycles. The average Bonchev–Trinajstić information content (AvgIpc) is 3.35. The number of imide groups is 1. The predicted octanol–water partition coefficient (Wildman–Crippen LogP) is 5.41. The number of amides is 2. The number of ether oxygens (including phenoxy) is 1. The molecule has 36 heavy (non-hydrogen) atoms. The third-order valence-corrected chi connectivity index (χ3v) is 8.31. The zero-order valence-electron chi connectivity index (χ0n) is 20.5. The molecule has 180 valence electrons. The van der Waals surface area contributed by atoms with E-state index in [0.717, 1.165) is 22.3 Å². The van der Waals surface area contributed by atoms with Crippen LogP contribution in [0.4, 0.5) is 5.69 Å². The summed E-state index contributed by atoms with van der Waals surface area (Å²) >= 11 is 0. The van der Waals surface area contributed by atoms with Gasteiger partial charge in [-0.3, -0.25) is 14.4 Å². The van der Waals surface area contributed by atoms with E-state index in [1.54, 1.807) is 24.3 Å². The monoisotopic (exact) mass is 477 g/mol. The Hall–Kier alpha value is -3.99. The lowest BCUT2D eigenvalue weighted by atomic mass is 9.63. The summed E-state index contributed by atoms with van der Waals surface area (Å²) in [5.41, 5.74) is 1.82. The normalized spacial score (nSPS) is 28.8. The molecule has 0 N–H and O–H groups in total. The molecule has 1 heterocycles. The molecular weight excluding hydrogens is 450 g/mol. The number of ketones is 1. The van der Waals surface area contributed by atoms with Crippen molar-refractivity contribution in [3.63, 3.8) is 0 Å². The van der Waals surface area contributed by atoms with Crippen LogP contribution in [0.25, 0.3) is 11.1 Å². The molecule has 1 saturated heterocycles. The Morgan fingerprint density at radius 3 is 1.56 bits per heavy atom. The van der Waals surface area contributed by atoms with Crippen LogP contribution in [0, 0.1) is 22.7 Å². The van der Waals surface area contributed by atoms with E-state index in [2.05, 4.69) is 0 Å². The molecule has 5 nitrogen and oxygen atoms in total. The number of carbonyl (C=O) groups excluding carboxylic acids is 3. The molecule has 1 saturated carbocycles. The summed E-state index contributed by atoms with van der Waals surface area (Å²) in [5.74, 6) is -1.50. The SMILES string of the molecule is CCOc1ccc(N2C(=O)[C@@H]3[C@@H](C2=O)[C@@]2(C)C(=O)[C@@]3(C)C(c3ccccc3)=C2c2ccccc2)cc1. The van der Waals surface area contributed by atoms with Gasteiger partial charge in [0.25, 0.3) is 0 Å². The van der Waals surface area contributed by atoms with Crippen LogP contribution in [0.15, 0.2) is 84.9 Å². The molecule has 0 spiro atoms. The Kier molecular flexibility index (Phi) is 4.84. The summed E-state index contributed by atoms with van der Waals surface area (Å²) in [4.78, 5) is 43.6. The molecule has 4 atom stereocenters. The Morgan fingerprint density at radius 2 is 1.14 bits per heavy atom. The molecule has 3 aromatic carbocycles. The van der Waals surface area contributed by atoms with Crippen molar-refractivity contribution in [2.24, 2.45) is 22.7 Å². The van der Waals surface area contributed by atoms with Gasteiger partial charge in [-0.05, 0) is 67.3 Å². The van der Waals surface area contributed by atoms with Crippen LogP contribution in [-0.2, 0) is 14.4 Å². The van der Waals surface area contributed by atoms with E-state index in [-0.39, 0.29) is 17.6 Å². The lowest BCUT2D eigenvalue weighted by Crippen LogP contribution is -2.40. The van der Waals surface area contributed by atoms with Crippen molar-refractivity contribution in [1.82, 2.24) is 0 Å². The standard InChI is InChI=1S/C31H27NO4/c1-4-36-22-17-15-21(16-18-22)32-27(33)25-26(28(32)34)31(3)24(20-13-9-6-10-14-20)23(30(25,2)29(31)35)19-11-7-5-8-12-19/h5-18,25-26H,4H2,1-3H3/t25-,26-,30-,31-/m0/s1. The minimum absolute atomic E-state index is 0.0456. The number of nitrogens with zero attached hydrogens (tertiary/aromatic N) is 1. The molecule has 0 radical (unpaired) electrons. The van der Waals surface area contributed by atoms with E-state index in [4.69, 9.17) is 4.74 Å². The maximum Gasteiger partial charge on any atom is 0.239 e. The highest BCUT2D eigenvalue weighted by Gasteiger charge is 2.78. The van der Waals surface area contributed by atoms with E-state index >= 15 is 0 Å². The molecule has 0 aromatic heterocycles. The average molecular weight is 478 g/mol. The van der Waals surface area contributed by atoms with Gasteiger partial charge in [0.1, 0.15) is 5.75 Å². The molecule has 2 bridgehead atoms. The molecule has 3 aromatic rings. The largest absolute Gasteiger partial charge is 0.494 e. The van der Waals surface area contributed by atoms with E-state index in [1.165, 1.54) is 4.90 Å². The summed E-state index contributed by atoms with van der Waals surface area (Å²) in [6, 6.07) is 26.6. The minimum atomic E-state index is -1.11. The second-order valence-corrected chi connectivity index (χ2v) is 10.1. The fourth-order valence-electron chi connectivity index (χ4n) is 6.92. The first-order chi connectivity index (χ1) is 17.3. The van der Waals surface area contributed by atoms with Crippen LogP contribution in [0.3, 0.4) is 0 Å². The second kappa shape index (κ2) is 7.76. The molecule has 6 rings (SSSR count). The van der Waals surface area contributed by atoms with E-state index < -0.39 is 22.7 Å². The maximum atomic E-state index is 14.3. The summed E-state index contributed by atoms with van der Waals surface area (Å²) in [6.07, 6.45) is 0. The summed E-state index contributed by atoms with van der Waals surface area (Å²) < 4.78 is 5.53. The van der Waals surface area contributed by atoms with Gasteiger partial charge in [-0.15, -0.1) is 0 Å². The third-order valence-electron chi connectivity index (χ3n) is 8.31. The molecule has 3 aliphatic rings. The van der Waals surface area contributed by atoms with Gasteiger partial charge in [0, 0.05) is 0 Å². The van der Waals surface area contributed by atoms with Crippen molar-refractivity contribution in [1.29, 1.82) is 0 Å². The van der Waals surface area contributed by atoms with Crippen molar-refractivity contribution >= 4 is 34.4 Å². The van der Waals surface area contributed by atoms with Crippen LogP contribution in [0.5, 0.6) is 5.75 Å². The van der Waals surface area contributed by atoms with E-state index in [1.807, 2.05) is 81.4 Å². The Labute approximate surface area is 210 Å². The lowest BCUT2D eigenvalue weighted by molar-refractivity contribution is -0.133. The summed E-state index contributed by atoms with van der Waals surface area (Å²) in [6.45, 7) is 6.16. The highest BCUT2D eigenvalue weighted by Crippen LogP contribution is 2.73. The first-order valence-electron chi connectivity index (χ1n) is 12.4. The van der Waals surface area contributed by atoms with Crippen molar-refractivity contribution in [3.8, 4) is 5.75 Å². The first kappa shape index (κ1) is 22.5. The van der Waals surface area contributed by atoms with Crippen molar-refractivity contribution in [2.45, 2.75) is 20.8 Å². The Balaban J connectivity index is 1.55. The molecule has 2 fully saturated rings. The second-order valence-electron chi connectivity index (χ2n) is 10.1. The van der Waals surface area contributed by atoms with Crippen LogP contribution >= 0.6 is 0 Å². The zero-order chi connectivity index (χ0) is 25.2. The van der Waals surface area contributed by atoms with Gasteiger partial charge in [-0.1, -0.05) is 60.7 Å². The number of anilines is 1. The van der Waals surface area contributed by atoms with Gasteiger partial charge < -0.3 is 4.74 Å². The number of carbonyl (C=O) groups is 3. The van der Waals surface area contributed by atoms with Gasteiger partial charge in [0.2, 0.25) is 11.8 Å². The maximum absolute atomic E-state index is 14.3. The van der Waals surface area contributed by atoms with Gasteiger partial charge >= 0.3 is 0 Å². The first-order valence-corrected chi connectivity index (χ1v) is 12.4. The molecule has 0 unspecified atom stereocenters. The van der Waals surface area contributed by atoms with Gasteiger partial charge in [-0.2, -0.15) is 0 Å². The van der Waals surface area contributed by atoms with E-state index in [0.29, 0.717) is 18.0 Å². The lowest BCUT2D eigenvalue weighted by Gasteiger charge is -2.35. The van der Waals surface area contributed by atoms with E-state index in [9.17, 15) is 14.4 Å². The highest BCUT2D eigenvalue weighted by molar-refractivity contribution is 6.34. The number of allylic oxidation sites excluding steroid dienone is 2. The number of benzene rings is 3. The number of hydrogen-bond acceptors (Lipinski definition) is 4. The smallest absolute Gasteiger partial charge is 0.239 e. The quantitative estimate of drug-likeness (QED) is 0.461. The number of Topliss-reactive ketones (excluding diaryl/α,β-unsaturated/α-hetero) is 1. The van der Waals surface area contributed by atoms with Crippen LogP contribution in [-0.4, -0.2) is 24.2 Å². The van der Waals surface area contributed by atoms with Crippen LogP contribution < -0.4 is 9.64 Å². The van der Waals surface area contributed by atoms with Gasteiger partial charge in [0.15, 0.2) is 5.78 Å². The van der Waals surface area contributed by atoms with Gasteiger partial charge in [-0.25, -0.2) is 4.90 Å². The topological polar surface area (TPSA) is 63.7 Å². The van der Waals surface area contributed by atoms with Crippen molar-refractivity contribution in [3.05, 3.63) is 96.1 Å². The molecule has 1 aliphatic heterocycles. The Bertz CT molecular complexity index is 1340. The Morgan fingerprint density at radius 1 is 0.694 bits per heavy atom. The predicted molar refractivity (Wildman–Crippen MR) is 138 cm³/mol. The fourth-order valence-corrected chi connectivity index (χ4v) is 6.92. The van der Waals surface area contributed by atoms with Crippen LogP contribution in [0.1, 0.15) is 31.9 Å². The molecular formula is C31H27NO4. The number of rotatable bonds is 5. The summed E-state index contributed by atoms with van der Waals surface area (Å²) in [5, 5.41) is 0. The third kappa shape index (κ3) is 2.68. The van der Waals surface area contributed by atoms with Crippen molar-refractivity contribution < 1.29 is 19.1 Å². The van der Waals surface area contributed by atoms with Crippen LogP contribution in [0.2, 0.25) is 0 Å². The summed E-state index contributed by atoms with van der Waals surface area (Å²) in [7, 11) is 0. The highest BCUT2D eigenvalue weighted by atomic mass is 16.5.